The predicted molar refractivity (Wildman–Crippen MR) is 92.7 cm³/mol. The summed E-state index contributed by atoms with van der Waals surface area (Å²) in [7, 11) is 0. The zero-order chi connectivity index (χ0) is 18.5. The van der Waals surface area contributed by atoms with E-state index in [2.05, 4.69) is 10.2 Å². The van der Waals surface area contributed by atoms with Gasteiger partial charge in [-0.25, -0.2) is 0 Å². The van der Waals surface area contributed by atoms with Crippen molar-refractivity contribution in [2.45, 2.75) is 16.7 Å². The highest BCUT2D eigenvalue weighted by Gasteiger charge is 2.15. The molecule has 1 aromatic heterocycles. The van der Waals surface area contributed by atoms with E-state index in [4.69, 9.17) is 20.8 Å². The highest BCUT2D eigenvalue weighted by Crippen LogP contribution is 2.31. The van der Waals surface area contributed by atoms with Gasteiger partial charge in [-0.2, -0.15) is 0 Å². The third-order valence-electron chi connectivity index (χ3n) is 3.15. The van der Waals surface area contributed by atoms with Gasteiger partial charge in [-0.1, -0.05) is 11.6 Å². The van der Waals surface area contributed by atoms with Crippen LogP contribution >= 0.6 is 23.4 Å². The van der Waals surface area contributed by atoms with E-state index in [0.717, 1.165) is 11.8 Å². The summed E-state index contributed by atoms with van der Waals surface area (Å²) in [5.41, 5.74) is 0.000367. The third-order valence-corrected chi connectivity index (χ3v) is 4.34. The molecular formula is C16H10ClN3O5S. The lowest BCUT2D eigenvalue weighted by Gasteiger charge is -2.02. The van der Waals surface area contributed by atoms with Crippen LogP contribution in [0.1, 0.15) is 16.2 Å². The van der Waals surface area contributed by atoms with E-state index < -0.39 is 4.92 Å². The average molecular weight is 392 g/mol. The van der Waals surface area contributed by atoms with E-state index >= 15 is 0 Å². The van der Waals surface area contributed by atoms with E-state index in [0.29, 0.717) is 22.0 Å². The molecule has 0 fully saturated rings. The monoisotopic (exact) mass is 391 g/mol. The van der Waals surface area contributed by atoms with Crippen LogP contribution in [0.2, 0.25) is 5.02 Å². The van der Waals surface area contributed by atoms with Crippen molar-refractivity contribution in [2.75, 3.05) is 0 Å². The van der Waals surface area contributed by atoms with Crippen molar-refractivity contribution in [1.82, 2.24) is 10.2 Å². The van der Waals surface area contributed by atoms with Gasteiger partial charge in [-0.3, -0.25) is 14.9 Å². The molecule has 0 saturated carbocycles. The Morgan fingerprint density at radius 3 is 2.69 bits per heavy atom. The molecule has 0 spiro atoms. The van der Waals surface area contributed by atoms with Crippen molar-refractivity contribution in [3.8, 4) is 5.75 Å². The number of nitrogens with zero attached hydrogens (tertiary/aromatic N) is 3. The summed E-state index contributed by atoms with van der Waals surface area (Å²) in [4.78, 5) is 21.8. The topological polar surface area (TPSA) is 108 Å². The molecular weight excluding hydrogens is 382 g/mol. The van der Waals surface area contributed by atoms with Gasteiger partial charge in [0.05, 0.1) is 4.92 Å². The zero-order valence-corrected chi connectivity index (χ0v) is 14.6. The van der Waals surface area contributed by atoms with Crippen molar-refractivity contribution in [3.05, 3.63) is 69.1 Å². The van der Waals surface area contributed by atoms with Crippen molar-refractivity contribution < 1.29 is 18.9 Å². The van der Waals surface area contributed by atoms with Crippen LogP contribution in [0.3, 0.4) is 0 Å². The Morgan fingerprint density at radius 1 is 1.23 bits per heavy atom. The van der Waals surface area contributed by atoms with E-state index in [1.54, 1.807) is 24.3 Å². The first-order valence-electron chi connectivity index (χ1n) is 7.17. The van der Waals surface area contributed by atoms with Gasteiger partial charge in [0.1, 0.15) is 5.75 Å². The molecule has 0 bridgehead atoms. The molecule has 3 aromatic rings. The number of aldehydes is 1. The molecule has 0 atom stereocenters. The van der Waals surface area contributed by atoms with E-state index in [-0.39, 0.29) is 29.0 Å². The van der Waals surface area contributed by atoms with Gasteiger partial charge in [-0.15, -0.1) is 10.2 Å². The number of hydrogen-bond acceptors (Lipinski definition) is 8. The molecule has 0 saturated heterocycles. The molecule has 0 aliphatic rings. The largest absolute Gasteiger partial charge is 0.484 e. The summed E-state index contributed by atoms with van der Waals surface area (Å²) in [5.74, 6) is 0.845. The van der Waals surface area contributed by atoms with Gasteiger partial charge >= 0.3 is 0 Å². The maximum absolute atomic E-state index is 11.1. The summed E-state index contributed by atoms with van der Waals surface area (Å²) in [6.45, 7) is 0.0655. The molecule has 0 unspecified atom stereocenters. The number of nitro groups is 1. The second-order valence-corrected chi connectivity index (χ2v) is 6.33. The van der Waals surface area contributed by atoms with Crippen LogP contribution in [0.4, 0.5) is 5.69 Å². The molecule has 3 rings (SSSR count). The molecule has 0 radical (unpaired) electrons. The summed E-state index contributed by atoms with van der Waals surface area (Å²) in [5, 5.41) is 19.3. The Morgan fingerprint density at radius 2 is 2.00 bits per heavy atom. The molecule has 0 N–H and O–H groups in total. The maximum Gasteiger partial charge on any atom is 0.281 e. The van der Waals surface area contributed by atoms with Crippen LogP contribution in [0.15, 0.2) is 57.0 Å². The molecule has 132 valence electrons. The molecule has 1 heterocycles. The number of non-ortho nitro benzene ring substituents is 1. The Bertz CT molecular complexity index is 945. The number of carbonyl (C=O) groups excluding carboxylic acids is 1. The number of carbonyl (C=O) groups is 1. The highest BCUT2D eigenvalue weighted by atomic mass is 35.5. The second kappa shape index (κ2) is 7.98. The number of ether oxygens (including phenoxy) is 1. The van der Waals surface area contributed by atoms with Crippen molar-refractivity contribution in [3.63, 3.8) is 0 Å². The minimum absolute atomic E-state index is 0.0655. The van der Waals surface area contributed by atoms with Crippen LogP contribution in [-0.4, -0.2) is 21.4 Å². The van der Waals surface area contributed by atoms with Gasteiger partial charge in [0.25, 0.3) is 16.8 Å². The maximum atomic E-state index is 11.1. The fraction of sp³-hybridized carbons (Fsp3) is 0.0625. The summed E-state index contributed by atoms with van der Waals surface area (Å²) in [6.07, 6.45) is 0.538. The SMILES string of the molecule is O=Cc1cc([N+](=O)[O-])ccc1Sc1nnc(COc2ccc(Cl)cc2)o1. The first-order chi connectivity index (χ1) is 12.5. The second-order valence-electron chi connectivity index (χ2n) is 4.90. The van der Waals surface area contributed by atoms with Crippen LogP contribution in [0.5, 0.6) is 5.75 Å². The van der Waals surface area contributed by atoms with E-state index in [1.807, 2.05) is 0 Å². The molecule has 10 heteroatoms. The lowest BCUT2D eigenvalue weighted by molar-refractivity contribution is -0.384. The van der Waals surface area contributed by atoms with Gasteiger partial charge in [-0.05, 0) is 42.1 Å². The summed E-state index contributed by atoms with van der Waals surface area (Å²) >= 11 is 6.84. The average Bonchev–Trinajstić information content (AvgIpc) is 3.09. The Hall–Kier alpha value is -2.91. The summed E-state index contributed by atoms with van der Waals surface area (Å²) < 4.78 is 11.0. The lowest BCUT2D eigenvalue weighted by atomic mass is 10.2. The Balaban J connectivity index is 1.67. The van der Waals surface area contributed by atoms with Gasteiger partial charge in [0.15, 0.2) is 12.9 Å². The minimum Gasteiger partial charge on any atom is -0.484 e. The lowest BCUT2D eigenvalue weighted by Crippen LogP contribution is -1.95. The van der Waals surface area contributed by atoms with Crippen molar-refractivity contribution >= 4 is 35.3 Å². The van der Waals surface area contributed by atoms with Gasteiger partial charge in [0.2, 0.25) is 0 Å². The van der Waals surface area contributed by atoms with Gasteiger partial charge in [0, 0.05) is 27.6 Å². The molecule has 2 aromatic carbocycles. The smallest absolute Gasteiger partial charge is 0.281 e. The number of halogens is 1. The third kappa shape index (κ3) is 4.38. The first kappa shape index (κ1) is 17.9. The Labute approximate surface area is 156 Å². The van der Waals surface area contributed by atoms with Crippen molar-refractivity contribution in [2.24, 2.45) is 0 Å². The fourth-order valence-corrected chi connectivity index (χ4v) is 2.84. The zero-order valence-electron chi connectivity index (χ0n) is 13.0. The van der Waals surface area contributed by atoms with Crippen LogP contribution in [-0.2, 0) is 6.61 Å². The summed E-state index contributed by atoms with van der Waals surface area (Å²) in [6, 6.07) is 10.8. The van der Waals surface area contributed by atoms with Crippen LogP contribution < -0.4 is 4.74 Å². The Kier molecular flexibility index (Phi) is 5.49. The number of aromatic nitrogens is 2. The molecule has 26 heavy (non-hydrogen) atoms. The standard InChI is InChI=1S/C16H10ClN3O5S/c17-11-1-4-13(5-2-11)24-9-15-18-19-16(25-15)26-14-6-3-12(20(22)23)7-10(14)8-21/h1-8H,9H2. The highest BCUT2D eigenvalue weighted by molar-refractivity contribution is 7.99. The van der Waals surface area contributed by atoms with Gasteiger partial charge < -0.3 is 9.15 Å². The van der Waals surface area contributed by atoms with E-state index in [9.17, 15) is 14.9 Å². The first-order valence-corrected chi connectivity index (χ1v) is 8.37. The van der Waals surface area contributed by atoms with Crippen molar-refractivity contribution in [1.29, 1.82) is 0 Å². The van der Waals surface area contributed by atoms with Crippen LogP contribution in [0.25, 0.3) is 0 Å². The number of hydrogen-bond donors (Lipinski definition) is 0. The number of nitro benzene ring substituents is 1. The molecule has 0 amide bonds. The molecule has 8 nitrogen and oxygen atoms in total. The van der Waals surface area contributed by atoms with Crippen LogP contribution in [0, 0.1) is 10.1 Å². The number of rotatable bonds is 7. The quantitative estimate of drug-likeness (QED) is 0.335. The fourth-order valence-electron chi connectivity index (χ4n) is 1.94. The van der Waals surface area contributed by atoms with E-state index in [1.165, 1.54) is 18.2 Å². The minimum atomic E-state index is -0.569. The molecule has 0 aliphatic carbocycles. The number of benzene rings is 2. The molecule has 0 aliphatic heterocycles. The predicted octanol–water partition coefficient (Wildman–Crippen LogP) is 4.17. The normalized spacial score (nSPS) is 10.5.